The van der Waals surface area contributed by atoms with E-state index in [4.69, 9.17) is 4.74 Å². The molecule has 6 atom stereocenters. The average molecular weight is 491 g/mol. The smallest absolute Gasteiger partial charge is 0.311 e. The molecule has 0 aliphatic carbocycles. The lowest BCUT2D eigenvalue weighted by Crippen LogP contribution is -2.55. The number of thioether (sulfide) groups is 1. The first-order valence-corrected chi connectivity index (χ1v) is 13.7. The van der Waals surface area contributed by atoms with E-state index in [1.165, 1.54) is 0 Å². The van der Waals surface area contributed by atoms with Crippen LogP contribution in [0.25, 0.3) is 0 Å². The van der Waals surface area contributed by atoms with E-state index in [-0.39, 0.29) is 35.7 Å². The molecule has 188 valence electrons. The van der Waals surface area contributed by atoms with Gasteiger partial charge in [0.2, 0.25) is 11.8 Å². The van der Waals surface area contributed by atoms with E-state index in [1.807, 2.05) is 11.0 Å². The van der Waals surface area contributed by atoms with Gasteiger partial charge in [0.1, 0.15) is 6.04 Å². The zero-order valence-corrected chi connectivity index (χ0v) is 21.2. The summed E-state index contributed by atoms with van der Waals surface area (Å²) in [6, 6.07) is -0.576. The molecule has 2 fully saturated rings. The van der Waals surface area contributed by atoms with Gasteiger partial charge in [-0.2, -0.15) is 0 Å². The van der Waals surface area contributed by atoms with Crippen molar-refractivity contribution in [1.29, 1.82) is 0 Å². The fraction of sp³-hybridized carbons (Fsp3) is 0.731. The summed E-state index contributed by atoms with van der Waals surface area (Å²) in [5, 5.41) is 9.11. The van der Waals surface area contributed by atoms with Gasteiger partial charge in [-0.25, -0.2) is 0 Å². The molecule has 4 aliphatic heterocycles. The Balaban J connectivity index is 1.76. The zero-order valence-electron chi connectivity index (χ0n) is 20.4. The highest BCUT2D eigenvalue weighted by Gasteiger charge is 2.70. The molecule has 0 aromatic heterocycles. The minimum atomic E-state index is -0.791. The number of hydrogen-bond donors (Lipinski definition) is 1. The highest BCUT2D eigenvalue weighted by Crippen LogP contribution is 2.60. The lowest BCUT2D eigenvalue weighted by molar-refractivity contribution is -0.153. The molecule has 2 unspecified atom stereocenters. The summed E-state index contributed by atoms with van der Waals surface area (Å²) in [6.07, 6.45) is 14.0. The van der Waals surface area contributed by atoms with Crippen molar-refractivity contribution in [2.24, 2.45) is 11.8 Å². The van der Waals surface area contributed by atoms with Crippen molar-refractivity contribution < 1.29 is 24.2 Å². The minimum absolute atomic E-state index is 0.0284. The Morgan fingerprint density at radius 3 is 2.79 bits per heavy atom. The van der Waals surface area contributed by atoms with Crippen LogP contribution in [0.5, 0.6) is 0 Å². The number of ether oxygens (including phenoxy) is 1. The van der Waals surface area contributed by atoms with E-state index in [0.717, 1.165) is 32.1 Å². The number of aliphatic hydroxyl groups excluding tert-OH is 1. The number of amides is 2. The zero-order chi connectivity index (χ0) is 24.3. The molecule has 0 aromatic carbocycles. The number of cyclic esters (lactones) is 1. The van der Waals surface area contributed by atoms with Gasteiger partial charge in [-0.15, -0.1) is 11.8 Å². The maximum atomic E-state index is 14.1. The molecule has 1 N–H and O–H groups in total. The second kappa shape index (κ2) is 10.9. The summed E-state index contributed by atoms with van der Waals surface area (Å²) in [5.74, 6) is -1.71. The molecule has 4 heterocycles. The molecular weight excluding hydrogens is 452 g/mol. The highest BCUT2D eigenvalue weighted by molar-refractivity contribution is 8.02. The third-order valence-corrected chi connectivity index (χ3v) is 9.42. The Kier molecular flexibility index (Phi) is 8.08. The van der Waals surface area contributed by atoms with Crippen LogP contribution in [0.1, 0.15) is 58.8 Å². The number of esters is 1. The second-order valence-electron chi connectivity index (χ2n) is 9.93. The number of hydrogen-bond acceptors (Lipinski definition) is 6. The number of unbranched alkanes of at least 4 members (excludes halogenated alkanes) is 1. The number of likely N-dealkylation sites (tertiary alicyclic amines) is 1. The van der Waals surface area contributed by atoms with Gasteiger partial charge in [0.25, 0.3) is 0 Å². The number of carbonyl (C=O) groups excluding carboxylic acids is 3. The van der Waals surface area contributed by atoms with Crippen molar-refractivity contribution >= 4 is 29.5 Å². The summed E-state index contributed by atoms with van der Waals surface area (Å²) < 4.78 is 4.85. The van der Waals surface area contributed by atoms with Crippen LogP contribution in [0.3, 0.4) is 0 Å². The largest absolute Gasteiger partial charge is 0.465 e. The fourth-order valence-electron chi connectivity index (χ4n) is 6.04. The molecule has 2 saturated heterocycles. The van der Waals surface area contributed by atoms with Gasteiger partial charge in [-0.3, -0.25) is 14.4 Å². The van der Waals surface area contributed by atoms with Gasteiger partial charge in [-0.1, -0.05) is 37.6 Å². The third-order valence-electron chi connectivity index (χ3n) is 7.68. The molecular formula is C26H38N2O5S. The van der Waals surface area contributed by atoms with Crippen LogP contribution in [-0.2, 0) is 19.1 Å². The molecule has 4 rings (SSSR count). The molecule has 2 amide bonds. The molecule has 4 aliphatic rings. The first-order valence-electron chi connectivity index (χ1n) is 12.9. The van der Waals surface area contributed by atoms with E-state index in [2.05, 4.69) is 32.1 Å². The van der Waals surface area contributed by atoms with Gasteiger partial charge in [-0.05, 0) is 45.4 Å². The summed E-state index contributed by atoms with van der Waals surface area (Å²) in [5.41, 5.74) is 0. The van der Waals surface area contributed by atoms with E-state index in [9.17, 15) is 19.5 Å². The molecule has 0 radical (unpaired) electrons. The van der Waals surface area contributed by atoms with Crippen molar-refractivity contribution in [3.05, 3.63) is 24.3 Å². The SMILES string of the molecule is CCCC(C)N1CC=C[C@]23S[C@@H]4/C=C\CCCCOC(=O)[C@@H]4[C@H]2C(=O)N(CCCCO)C3C1=O. The van der Waals surface area contributed by atoms with Gasteiger partial charge in [0.15, 0.2) is 0 Å². The van der Waals surface area contributed by atoms with Crippen LogP contribution in [-0.4, -0.2) is 81.1 Å². The topological polar surface area (TPSA) is 87.2 Å². The van der Waals surface area contributed by atoms with Crippen molar-refractivity contribution in [3.63, 3.8) is 0 Å². The van der Waals surface area contributed by atoms with E-state index < -0.39 is 22.6 Å². The highest BCUT2D eigenvalue weighted by atomic mass is 32.2. The Labute approximate surface area is 206 Å². The first kappa shape index (κ1) is 25.3. The van der Waals surface area contributed by atoms with E-state index in [1.54, 1.807) is 16.7 Å². The second-order valence-corrected chi connectivity index (χ2v) is 11.4. The third kappa shape index (κ3) is 4.43. The van der Waals surface area contributed by atoms with Crippen LogP contribution in [0.15, 0.2) is 24.3 Å². The molecule has 0 saturated carbocycles. The Hall–Kier alpha value is -1.80. The van der Waals surface area contributed by atoms with E-state index in [0.29, 0.717) is 32.5 Å². The molecule has 34 heavy (non-hydrogen) atoms. The summed E-state index contributed by atoms with van der Waals surface area (Å²) >= 11 is 1.60. The number of fused-ring (bicyclic) bond motifs is 2. The number of nitrogens with zero attached hydrogens (tertiary/aromatic N) is 2. The van der Waals surface area contributed by atoms with Crippen LogP contribution >= 0.6 is 11.8 Å². The van der Waals surface area contributed by atoms with Crippen LogP contribution < -0.4 is 0 Å². The van der Waals surface area contributed by atoms with Crippen LogP contribution in [0.4, 0.5) is 0 Å². The maximum Gasteiger partial charge on any atom is 0.311 e. The standard InChI is InChI=1S/C26H38N2O5S/c1-3-11-18(2)27-15-10-13-26-21(23(30)28(14-7-8-16-29)22(26)24(27)31)20-19(34-26)12-6-4-5-9-17-33-25(20)32/h6,10,12-13,18-22,29H,3-5,7-9,11,14-17H2,1-2H3/b12-6-/t18?,19-,20+,21+,22?,26+/m1/s1. The van der Waals surface area contributed by atoms with E-state index >= 15 is 0 Å². The average Bonchev–Trinajstić information content (AvgIpc) is 3.19. The quantitative estimate of drug-likeness (QED) is 0.335. The maximum absolute atomic E-state index is 14.1. The van der Waals surface area contributed by atoms with Crippen molar-refractivity contribution in [3.8, 4) is 0 Å². The number of rotatable bonds is 7. The Morgan fingerprint density at radius 1 is 1.21 bits per heavy atom. The monoisotopic (exact) mass is 490 g/mol. The lowest BCUT2D eigenvalue weighted by Gasteiger charge is -2.37. The fourth-order valence-corrected chi connectivity index (χ4v) is 8.04. The van der Waals surface area contributed by atoms with Gasteiger partial charge < -0.3 is 19.6 Å². The van der Waals surface area contributed by atoms with Crippen molar-refractivity contribution in [2.45, 2.75) is 80.9 Å². The minimum Gasteiger partial charge on any atom is -0.465 e. The molecule has 8 heteroatoms. The number of carbonyl (C=O) groups is 3. The van der Waals surface area contributed by atoms with Crippen LogP contribution in [0.2, 0.25) is 0 Å². The number of aliphatic hydroxyl groups is 1. The Morgan fingerprint density at radius 2 is 2.03 bits per heavy atom. The summed E-state index contributed by atoms with van der Waals surface area (Å²) in [7, 11) is 0. The van der Waals surface area contributed by atoms with Crippen LogP contribution in [0, 0.1) is 11.8 Å². The Bertz CT molecular complexity index is 845. The molecule has 0 bridgehead atoms. The summed E-state index contributed by atoms with van der Waals surface area (Å²) in [4.78, 5) is 45.0. The normalized spacial score (nSPS) is 35.3. The van der Waals surface area contributed by atoms with Gasteiger partial charge >= 0.3 is 5.97 Å². The summed E-state index contributed by atoms with van der Waals surface area (Å²) in [6.45, 7) is 5.51. The van der Waals surface area contributed by atoms with Crippen molar-refractivity contribution in [2.75, 3.05) is 26.3 Å². The van der Waals surface area contributed by atoms with Crippen molar-refractivity contribution in [1.82, 2.24) is 9.80 Å². The van der Waals surface area contributed by atoms with Gasteiger partial charge in [0.05, 0.1) is 23.2 Å². The predicted molar refractivity (Wildman–Crippen MR) is 132 cm³/mol. The molecule has 1 spiro atoms. The molecule has 7 nitrogen and oxygen atoms in total. The lowest BCUT2D eigenvalue weighted by atomic mass is 9.78. The van der Waals surface area contributed by atoms with Gasteiger partial charge in [0, 0.05) is 31.0 Å². The number of allylic oxidation sites excluding steroid dienone is 1. The first-order chi connectivity index (χ1) is 16.5. The molecule has 0 aromatic rings. The predicted octanol–water partition coefficient (Wildman–Crippen LogP) is 2.93.